The molecule has 0 spiro atoms. The molecule has 2 saturated heterocycles. The van der Waals surface area contributed by atoms with Gasteiger partial charge >= 0.3 is 5.97 Å². The van der Waals surface area contributed by atoms with Crippen molar-refractivity contribution in [2.75, 3.05) is 13.7 Å². The number of hydrogen-bond donors (Lipinski definition) is 1. The lowest BCUT2D eigenvalue weighted by molar-refractivity contribution is -0.152. The Hall–Kier alpha value is -3.19. The van der Waals surface area contributed by atoms with E-state index in [9.17, 15) is 19.5 Å². The van der Waals surface area contributed by atoms with Crippen molar-refractivity contribution in [3.8, 4) is 5.75 Å². The van der Waals surface area contributed by atoms with Crippen molar-refractivity contribution in [3.05, 3.63) is 65.7 Å². The normalized spacial score (nSPS) is 24.0. The Morgan fingerprint density at radius 3 is 2.41 bits per heavy atom. The van der Waals surface area contributed by atoms with E-state index in [2.05, 4.69) is 0 Å². The fraction of sp³-hybridized carbons (Fsp3) is 0.318. The lowest BCUT2D eigenvalue weighted by Crippen LogP contribution is -2.45. The number of aromatic hydroxyl groups is 1. The minimum absolute atomic E-state index is 0.108. The quantitative estimate of drug-likeness (QED) is 0.612. The van der Waals surface area contributed by atoms with Crippen LogP contribution in [0.5, 0.6) is 5.75 Å². The van der Waals surface area contributed by atoms with Crippen LogP contribution in [0.3, 0.4) is 0 Å². The van der Waals surface area contributed by atoms with Gasteiger partial charge in [-0.3, -0.25) is 24.2 Å². The zero-order valence-electron chi connectivity index (χ0n) is 16.0. The molecule has 29 heavy (non-hydrogen) atoms. The van der Waals surface area contributed by atoms with E-state index in [1.807, 2.05) is 30.3 Å². The molecular weight excluding hydrogens is 372 g/mol. The molecule has 2 heterocycles. The minimum Gasteiger partial charge on any atom is -0.508 e. The van der Waals surface area contributed by atoms with Crippen LogP contribution in [-0.4, -0.2) is 52.4 Å². The standard InChI is InChI=1S/C22H22N2O5/c1-29-22(28)19-18-16(13-23(19)12-15-9-5-6-10-17(15)25)20(26)24(21(18)27)11-14-7-3-2-4-8-14/h2-10,16,18-19,25H,11-13H2,1H3/t16-,18-,19?/m1/s1. The molecule has 2 aromatic carbocycles. The third kappa shape index (κ3) is 3.38. The van der Waals surface area contributed by atoms with Gasteiger partial charge in [-0.2, -0.15) is 0 Å². The van der Waals surface area contributed by atoms with E-state index in [0.717, 1.165) is 5.56 Å². The van der Waals surface area contributed by atoms with Gasteiger partial charge in [-0.15, -0.1) is 0 Å². The number of methoxy groups -OCH3 is 1. The number of phenolic OH excluding ortho intramolecular Hbond substituents is 1. The Balaban J connectivity index is 1.60. The molecule has 0 bridgehead atoms. The summed E-state index contributed by atoms with van der Waals surface area (Å²) in [6.07, 6.45) is 0. The van der Waals surface area contributed by atoms with Gasteiger partial charge in [0.15, 0.2) is 0 Å². The highest BCUT2D eigenvalue weighted by Gasteiger charge is 2.59. The highest BCUT2D eigenvalue weighted by Crippen LogP contribution is 2.40. The number of hydrogen-bond acceptors (Lipinski definition) is 6. The Morgan fingerprint density at radius 1 is 1.03 bits per heavy atom. The number of phenols is 1. The molecule has 1 N–H and O–H groups in total. The van der Waals surface area contributed by atoms with Crippen LogP contribution < -0.4 is 0 Å². The number of ether oxygens (including phenoxy) is 1. The van der Waals surface area contributed by atoms with E-state index >= 15 is 0 Å². The number of rotatable bonds is 5. The predicted octanol–water partition coefficient (Wildman–Crippen LogP) is 1.55. The zero-order valence-corrected chi connectivity index (χ0v) is 16.0. The summed E-state index contributed by atoms with van der Waals surface area (Å²) in [4.78, 5) is 41.7. The molecule has 0 aliphatic carbocycles. The van der Waals surface area contributed by atoms with Gasteiger partial charge in [0.2, 0.25) is 11.8 Å². The predicted molar refractivity (Wildman–Crippen MR) is 103 cm³/mol. The summed E-state index contributed by atoms with van der Waals surface area (Å²) in [6.45, 7) is 0.701. The Labute approximate surface area is 168 Å². The number of carbonyl (C=O) groups is 3. The minimum atomic E-state index is -0.859. The second-order valence-corrected chi connectivity index (χ2v) is 7.41. The number of benzene rings is 2. The van der Waals surface area contributed by atoms with Gasteiger partial charge in [0, 0.05) is 18.7 Å². The Bertz CT molecular complexity index is 945. The molecule has 2 fully saturated rings. The van der Waals surface area contributed by atoms with E-state index < -0.39 is 23.8 Å². The lowest BCUT2D eigenvalue weighted by Gasteiger charge is -2.27. The number of likely N-dealkylation sites (tertiary alicyclic amines) is 2. The zero-order chi connectivity index (χ0) is 20.5. The van der Waals surface area contributed by atoms with Crippen LogP contribution in [-0.2, 0) is 32.2 Å². The summed E-state index contributed by atoms with van der Waals surface area (Å²) in [5.74, 6) is -2.42. The molecule has 2 aromatic rings. The van der Waals surface area contributed by atoms with Crippen LogP contribution >= 0.6 is 0 Å². The molecule has 150 valence electrons. The number of fused-ring (bicyclic) bond motifs is 1. The van der Waals surface area contributed by atoms with E-state index in [-0.39, 0.29) is 37.2 Å². The van der Waals surface area contributed by atoms with Crippen LogP contribution in [0.4, 0.5) is 0 Å². The maximum absolute atomic E-state index is 13.1. The SMILES string of the molecule is COC(=O)C1[C@@H]2C(=O)N(Cc3ccccc3)C(=O)[C@@H]2CN1Cc1ccccc1O. The maximum Gasteiger partial charge on any atom is 0.323 e. The van der Waals surface area contributed by atoms with E-state index in [1.54, 1.807) is 29.2 Å². The fourth-order valence-corrected chi connectivity index (χ4v) is 4.32. The van der Waals surface area contributed by atoms with Crippen molar-refractivity contribution < 1.29 is 24.2 Å². The molecule has 3 atom stereocenters. The van der Waals surface area contributed by atoms with Crippen molar-refractivity contribution >= 4 is 17.8 Å². The van der Waals surface area contributed by atoms with Crippen molar-refractivity contribution in [1.82, 2.24) is 9.80 Å². The molecule has 4 rings (SSSR count). The third-order valence-electron chi connectivity index (χ3n) is 5.72. The van der Waals surface area contributed by atoms with E-state index in [4.69, 9.17) is 4.74 Å². The number of esters is 1. The Morgan fingerprint density at radius 2 is 1.72 bits per heavy atom. The van der Waals surface area contributed by atoms with Gasteiger partial charge in [0.25, 0.3) is 0 Å². The first-order chi connectivity index (χ1) is 14.0. The average Bonchev–Trinajstić information content (AvgIpc) is 3.21. The molecule has 2 amide bonds. The van der Waals surface area contributed by atoms with Gasteiger partial charge in [0.1, 0.15) is 11.8 Å². The van der Waals surface area contributed by atoms with Crippen LogP contribution in [0.15, 0.2) is 54.6 Å². The number of imide groups is 1. The smallest absolute Gasteiger partial charge is 0.323 e. The third-order valence-corrected chi connectivity index (χ3v) is 5.72. The van der Waals surface area contributed by atoms with E-state index in [1.165, 1.54) is 12.0 Å². The lowest BCUT2D eigenvalue weighted by atomic mass is 9.93. The van der Waals surface area contributed by atoms with Gasteiger partial charge in [-0.25, -0.2) is 0 Å². The van der Waals surface area contributed by atoms with Crippen LogP contribution in [0.25, 0.3) is 0 Å². The maximum atomic E-state index is 13.1. The summed E-state index contributed by atoms with van der Waals surface area (Å²) >= 11 is 0. The number of carbonyl (C=O) groups excluding carboxylic acids is 3. The molecule has 7 heteroatoms. The van der Waals surface area contributed by atoms with Crippen LogP contribution in [0.1, 0.15) is 11.1 Å². The van der Waals surface area contributed by atoms with Crippen molar-refractivity contribution in [1.29, 1.82) is 0 Å². The fourth-order valence-electron chi connectivity index (χ4n) is 4.32. The number of para-hydroxylation sites is 1. The topological polar surface area (TPSA) is 87.2 Å². The van der Waals surface area contributed by atoms with Gasteiger partial charge in [-0.05, 0) is 11.6 Å². The van der Waals surface area contributed by atoms with E-state index in [0.29, 0.717) is 5.56 Å². The number of nitrogens with zero attached hydrogens (tertiary/aromatic N) is 2. The van der Waals surface area contributed by atoms with Crippen molar-refractivity contribution in [3.63, 3.8) is 0 Å². The highest BCUT2D eigenvalue weighted by atomic mass is 16.5. The highest BCUT2D eigenvalue weighted by molar-refractivity contribution is 6.08. The first-order valence-corrected chi connectivity index (χ1v) is 9.49. The molecule has 2 aliphatic rings. The van der Waals surface area contributed by atoms with Gasteiger partial charge in [0.05, 0.1) is 25.5 Å². The molecular formula is C22H22N2O5. The number of amides is 2. The second kappa shape index (κ2) is 7.67. The second-order valence-electron chi connectivity index (χ2n) is 7.41. The summed E-state index contributed by atoms with van der Waals surface area (Å²) in [5, 5.41) is 10.1. The summed E-state index contributed by atoms with van der Waals surface area (Å²) in [7, 11) is 1.27. The summed E-state index contributed by atoms with van der Waals surface area (Å²) in [5.41, 5.74) is 1.48. The first kappa shape index (κ1) is 19.1. The van der Waals surface area contributed by atoms with Crippen molar-refractivity contribution in [2.45, 2.75) is 19.1 Å². The van der Waals surface area contributed by atoms with Gasteiger partial charge < -0.3 is 9.84 Å². The van der Waals surface area contributed by atoms with Crippen molar-refractivity contribution in [2.24, 2.45) is 11.8 Å². The summed E-state index contributed by atoms with van der Waals surface area (Å²) < 4.78 is 4.95. The molecule has 2 aliphatic heterocycles. The molecule has 0 radical (unpaired) electrons. The Kier molecular flexibility index (Phi) is 5.07. The summed E-state index contributed by atoms with van der Waals surface area (Å²) in [6, 6.07) is 15.3. The average molecular weight is 394 g/mol. The molecule has 0 saturated carbocycles. The first-order valence-electron chi connectivity index (χ1n) is 9.49. The largest absolute Gasteiger partial charge is 0.508 e. The van der Waals surface area contributed by atoms with Gasteiger partial charge in [-0.1, -0.05) is 48.5 Å². The molecule has 7 nitrogen and oxygen atoms in total. The monoisotopic (exact) mass is 394 g/mol. The van der Waals surface area contributed by atoms with Crippen LogP contribution in [0.2, 0.25) is 0 Å². The molecule has 0 aromatic heterocycles. The van der Waals surface area contributed by atoms with Crippen LogP contribution in [0, 0.1) is 11.8 Å². The molecule has 1 unspecified atom stereocenters.